The summed E-state index contributed by atoms with van der Waals surface area (Å²) in [7, 11) is 1.72. The van der Waals surface area contributed by atoms with Crippen molar-refractivity contribution in [2.75, 3.05) is 19.3 Å². The van der Waals surface area contributed by atoms with E-state index in [9.17, 15) is 9.59 Å². The van der Waals surface area contributed by atoms with Crippen LogP contribution in [0.15, 0.2) is 41.8 Å². The van der Waals surface area contributed by atoms with Gasteiger partial charge in [0.15, 0.2) is 0 Å². The summed E-state index contributed by atoms with van der Waals surface area (Å²) in [6.45, 7) is 0.527. The molecule has 0 aliphatic rings. The normalized spacial score (nSPS) is 10.1. The summed E-state index contributed by atoms with van der Waals surface area (Å²) < 4.78 is 0. The number of nitrogens with zero attached hydrogens (tertiary/aromatic N) is 1. The summed E-state index contributed by atoms with van der Waals surface area (Å²) in [6.07, 6.45) is 0. The van der Waals surface area contributed by atoms with Crippen LogP contribution < -0.4 is 11.1 Å². The maximum atomic E-state index is 12.0. The number of anilines is 1. The van der Waals surface area contributed by atoms with E-state index in [0.29, 0.717) is 17.8 Å². The molecule has 0 spiro atoms. The highest BCUT2D eigenvalue weighted by Gasteiger charge is 2.12. The van der Waals surface area contributed by atoms with E-state index in [0.717, 1.165) is 4.88 Å². The Morgan fingerprint density at radius 1 is 1.24 bits per heavy atom. The molecule has 0 bridgehead atoms. The number of nitrogen functional groups attached to an aromatic ring is 1. The minimum atomic E-state index is -0.284. The van der Waals surface area contributed by atoms with Gasteiger partial charge in [0.2, 0.25) is 5.91 Å². The van der Waals surface area contributed by atoms with Crippen LogP contribution in [0.25, 0.3) is 0 Å². The largest absolute Gasteiger partial charge is 0.399 e. The third kappa shape index (κ3) is 4.32. The van der Waals surface area contributed by atoms with Crippen LogP contribution in [-0.2, 0) is 11.3 Å². The monoisotopic (exact) mass is 303 g/mol. The van der Waals surface area contributed by atoms with Crippen molar-refractivity contribution in [3.8, 4) is 0 Å². The Kier molecular flexibility index (Phi) is 4.94. The molecule has 0 saturated carbocycles. The first-order chi connectivity index (χ1) is 10.1. The average Bonchev–Trinajstić information content (AvgIpc) is 2.98. The predicted molar refractivity (Wildman–Crippen MR) is 84.0 cm³/mol. The Bertz CT molecular complexity index is 608. The van der Waals surface area contributed by atoms with E-state index in [-0.39, 0.29) is 18.4 Å². The second kappa shape index (κ2) is 6.90. The lowest BCUT2D eigenvalue weighted by Gasteiger charge is -2.16. The molecule has 0 saturated heterocycles. The van der Waals surface area contributed by atoms with Gasteiger partial charge < -0.3 is 16.0 Å². The fourth-order valence-electron chi connectivity index (χ4n) is 1.75. The van der Waals surface area contributed by atoms with Gasteiger partial charge in [-0.2, -0.15) is 0 Å². The summed E-state index contributed by atoms with van der Waals surface area (Å²) in [6, 6.07) is 10.5. The van der Waals surface area contributed by atoms with Crippen LogP contribution in [0.5, 0.6) is 0 Å². The number of rotatable bonds is 5. The molecule has 2 rings (SSSR count). The van der Waals surface area contributed by atoms with Crippen molar-refractivity contribution >= 4 is 28.8 Å². The molecule has 5 nitrogen and oxygen atoms in total. The third-order valence-electron chi connectivity index (χ3n) is 2.97. The first-order valence-corrected chi connectivity index (χ1v) is 7.34. The highest BCUT2D eigenvalue weighted by Crippen LogP contribution is 2.10. The molecule has 1 aromatic carbocycles. The number of nitrogens with one attached hydrogen (secondary N) is 1. The molecule has 0 radical (unpaired) electrons. The molecule has 6 heteroatoms. The number of carbonyl (C=O) groups is 2. The van der Waals surface area contributed by atoms with Crippen molar-refractivity contribution < 1.29 is 9.59 Å². The molecule has 2 aromatic rings. The molecular formula is C15H17N3O2S. The van der Waals surface area contributed by atoms with Gasteiger partial charge in [-0.3, -0.25) is 9.59 Å². The number of thiophene rings is 1. The lowest BCUT2D eigenvalue weighted by molar-refractivity contribution is -0.129. The molecule has 110 valence electrons. The van der Waals surface area contributed by atoms with E-state index in [4.69, 9.17) is 5.73 Å². The van der Waals surface area contributed by atoms with E-state index in [1.807, 2.05) is 17.5 Å². The Labute approximate surface area is 127 Å². The van der Waals surface area contributed by atoms with Crippen LogP contribution in [0.4, 0.5) is 5.69 Å². The maximum Gasteiger partial charge on any atom is 0.251 e. The topological polar surface area (TPSA) is 75.4 Å². The zero-order chi connectivity index (χ0) is 15.2. The van der Waals surface area contributed by atoms with Crippen molar-refractivity contribution in [2.24, 2.45) is 0 Å². The van der Waals surface area contributed by atoms with Gasteiger partial charge in [0.25, 0.3) is 5.91 Å². The fourth-order valence-corrected chi connectivity index (χ4v) is 2.51. The summed E-state index contributed by atoms with van der Waals surface area (Å²) in [5, 5.41) is 4.58. The number of carbonyl (C=O) groups excluding carboxylic acids is 2. The SMILES string of the molecule is CN(Cc1cccs1)C(=O)CNC(=O)c1ccc(N)cc1. The first kappa shape index (κ1) is 15.1. The highest BCUT2D eigenvalue weighted by atomic mass is 32.1. The van der Waals surface area contributed by atoms with Gasteiger partial charge in [-0.1, -0.05) is 6.07 Å². The molecule has 1 aromatic heterocycles. The minimum absolute atomic E-state index is 0.0227. The van der Waals surface area contributed by atoms with Crippen molar-refractivity contribution in [1.29, 1.82) is 0 Å². The highest BCUT2D eigenvalue weighted by molar-refractivity contribution is 7.09. The second-order valence-corrected chi connectivity index (χ2v) is 5.67. The minimum Gasteiger partial charge on any atom is -0.399 e. The molecule has 0 aliphatic carbocycles. The lowest BCUT2D eigenvalue weighted by Crippen LogP contribution is -2.37. The summed E-state index contributed by atoms with van der Waals surface area (Å²) in [4.78, 5) is 26.5. The van der Waals surface area contributed by atoms with Gasteiger partial charge in [-0.05, 0) is 35.7 Å². The van der Waals surface area contributed by atoms with Crippen molar-refractivity contribution in [2.45, 2.75) is 6.54 Å². The molecule has 0 aliphatic heterocycles. The Balaban J connectivity index is 1.83. The van der Waals surface area contributed by atoms with Gasteiger partial charge in [0.1, 0.15) is 0 Å². The first-order valence-electron chi connectivity index (χ1n) is 6.46. The van der Waals surface area contributed by atoms with Gasteiger partial charge in [0.05, 0.1) is 13.1 Å². The van der Waals surface area contributed by atoms with Crippen molar-refractivity contribution in [3.05, 3.63) is 52.2 Å². The standard InChI is InChI=1S/C15H17N3O2S/c1-18(10-13-3-2-8-21-13)14(19)9-17-15(20)11-4-6-12(16)7-5-11/h2-8H,9-10,16H2,1H3,(H,17,20). The molecule has 21 heavy (non-hydrogen) atoms. The lowest BCUT2D eigenvalue weighted by atomic mass is 10.2. The van der Waals surface area contributed by atoms with Gasteiger partial charge in [-0.15, -0.1) is 11.3 Å². The molecular weight excluding hydrogens is 286 g/mol. The molecule has 0 unspecified atom stereocenters. The van der Waals surface area contributed by atoms with E-state index in [1.54, 1.807) is 47.5 Å². The van der Waals surface area contributed by atoms with E-state index >= 15 is 0 Å². The fraction of sp³-hybridized carbons (Fsp3) is 0.200. The quantitative estimate of drug-likeness (QED) is 0.826. The smallest absolute Gasteiger partial charge is 0.251 e. The molecule has 0 atom stereocenters. The van der Waals surface area contributed by atoms with Crippen LogP contribution in [0.1, 0.15) is 15.2 Å². The Morgan fingerprint density at radius 3 is 2.57 bits per heavy atom. The van der Waals surface area contributed by atoms with E-state index in [2.05, 4.69) is 5.32 Å². The van der Waals surface area contributed by atoms with Crippen molar-refractivity contribution in [3.63, 3.8) is 0 Å². The number of likely N-dealkylation sites (N-methyl/N-ethyl adjacent to an activating group) is 1. The van der Waals surface area contributed by atoms with Crippen molar-refractivity contribution in [1.82, 2.24) is 10.2 Å². The third-order valence-corrected chi connectivity index (χ3v) is 3.83. The number of nitrogens with two attached hydrogens (primary N) is 1. The number of hydrogen-bond acceptors (Lipinski definition) is 4. The van der Waals surface area contributed by atoms with Crippen LogP contribution in [0.2, 0.25) is 0 Å². The Morgan fingerprint density at radius 2 is 1.95 bits per heavy atom. The van der Waals surface area contributed by atoms with E-state index in [1.165, 1.54) is 0 Å². The second-order valence-electron chi connectivity index (χ2n) is 4.63. The van der Waals surface area contributed by atoms with Gasteiger partial charge in [-0.25, -0.2) is 0 Å². The summed E-state index contributed by atoms with van der Waals surface area (Å²) in [5.41, 5.74) is 6.64. The molecule has 3 N–H and O–H groups in total. The molecule has 0 fully saturated rings. The van der Waals surface area contributed by atoms with Crippen LogP contribution in [-0.4, -0.2) is 30.3 Å². The number of amides is 2. The average molecular weight is 303 g/mol. The predicted octanol–water partition coefficient (Wildman–Crippen LogP) is 1.72. The van der Waals surface area contributed by atoms with Crippen LogP contribution in [0.3, 0.4) is 0 Å². The van der Waals surface area contributed by atoms with Crippen LogP contribution >= 0.6 is 11.3 Å². The summed E-state index contributed by atoms with van der Waals surface area (Å²) in [5.74, 6) is -0.417. The Hall–Kier alpha value is -2.34. The number of hydrogen-bond donors (Lipinski definition) is 2. The zero-order valence-corrected chi connectivity index (χ0v) is 12.5. The van der Waals surface area contributed by atoms with Gasteiger partial charge >= 0.3 is 0 Å². The van der Waals surface area contributed by atoms with E-state index < -0.39 is 0 Å². The summed E-state index contributed by atoms with van der Waals surface area (Å²) >= 11 is 1.60. The zero-order valence-electron chi connectivity index (χ0n) is 11.7. The van der Waals surface area contributed by atoms with Gasteiger partial charge in [0, 0.05) is 23.2 Å². The molecule has 2 amide bonds. The molecule has 1 heterocycles. The van der Waals surface area contributed by atoms with Crippen LogP contribution in [0, 0.1) is 0 Å². The number of benzene rings is 1. The maximum absolute atomic E-state index is 12.0.